The first-order chi connectivity index (χ1) is 23.4. The summed E-state index contributed by atoms with van der Waals surface area (Å²) in [7, 11) is 4.47. The zero-order valence-corrected chi connectivity index (χ0v) is 36.2. The Kier molecular flexibility index (Phi) is 20.4. The van der Waals surface area contributed by atoms with E-state index in [9.17, 15) is 9.50 Å². The van der Waals surface area contributed by atoms with Gasteiger partial charge in [0.15, 0.2) is 0 Å². The summed E-state index contributed by atoms with van der Waals surface area (Å²) in [6, 6.07) is 41.4. The van der Waals surface area contributed by atoms with Crippen molar-refractivity contribution in [1.29, 1.82) is 0 Å². The Hall–Kier alpha value is -1.77. The van der Waals surface area contributed by atoms with E-state index < -0.39 is 5.82 Å². The number of phenolic OH excluding ortho intramolecular Hbond substituents is 1. The molecule has 1 N–H and O–H groups in total. The molecule has 6 aromatic carbocycles. The van der Waals surface area contributed by atoms with Crippen LogP contribution in [-0.4, -0.2) is 18.6 Å². The Morgan fingerprint density at radius 3 is 1.82 bits per heavy atom. The number of carbonyl (C=O) groups excluding carboxylic acids is 1. The number of halogens is 3. The van der Waals surface area contributed by atoms with E-state index in [1.807, 2.05) is 72.8 Å². The molecule has 0 unspecified atom stereocenters. The molecule has 6 nitrogen and oxygen atoms in total. The molecular weight excluding hydrogens is 749 g/mol. The van der Waals surface area contributed by atoms with Crippen molar-refractivity contribution in [2.24, 2.45) is 4.74 Å². The quantitative estimate of drug-likeness (QED) is 0.0901. The van der Waals surface area contributed by atoms with Crippen molar-refractivity contribution in [3.8, 4) is 39.1 Å². The maximum Gasteiger partial charge on any atom is 1.00 e. The largest absolute Gasteiger partial charge is 1.00 e. The Labute approximate surface area is 388 Å². The van der Waals surface area contributed by atoms with Gasteiger partial charge in [0.25, 0.3) is 6.47 Å². The molecule has 7 aromatic rings. The van der Waals surface area contributed by atoms with Crippen molar-refractivity contribution in [2.75, 3.05) is 7.05 Å². The van der Waals surface area contributed by atoms with Gasteiger partial charge >= 0.3 is 103 Å². The van der Waals surface area contributed by atoms with Gasteiger partial charge in [-0.3, -0.25) is 9.54 Å². The normalized spacial score (nSPS) is 9.62. The molecule has 0 bridgehead atoms. The molecule has 7 rings (SSSR count). The molecule has 0 aliphatic rings. The van der Waals surface area contributed by atoms with Crippen LogP contribution in [-0.2, 0) is 9.68 Å². The van der Waals surface area contributed by atoms with Gasteiger partial charge in [-0.1, -0.05) is 132 Å². The van der Waals surface area contributed by atoms with Crippen molar-refractivity contribution < 1.29 is 133 Å². The third-order valence-corrected chi connectivity index (χ3v) is 7.58. The third-order valence-electron chi connectivity index (χ3n) is 6.95. The van der Waals surface area contributed by atoms with Gasteiger partial charge in [-0.05, 0) is 44.4 Å². The summed E-state index contributed by atoms with van der Waals surface area (Å²) in [5.74, 6) is -0.432. The van der Waals surface area contributed by atoms with Gasteiger partial charge in [0, 0.05) is 40.1 Å². The molecule has 0 atom stereocenters. The maximum atomic E-state index is 14.1. The summed E-state index contributed by atoms with van der Waals surface area (Å²) >= 11 is 12.4. The third kappa shape index (κ3) is 11.4. The standard InChI is InChI=1S/C18H12ClFO.C18H11ClO.CH4NP.CH2O3.2K.H/c19-15-10-5-11-16(20)17(15)14-9-4-8-13(18(14)21)12-6-2-1-3-7-12;19-15-10-5-11-16-17(15)14-9-4-8-13(18(14)20-16)12-6-2-1-3-7-12;1-2-3;2-1-4-3;;;/h1-11,21H;1-11H;3H,1H3;1,3H;;;/q;;;;2*+1;-1/p-1. The first-order valence-electron chi connectivity index (χ1n) is 14.3. The summed E-state index contributed by atoms with van der Waals surface area (Å²) < 4.78 is 23.4. The average molecular weight is 779 g/mol. The number of aromatic hydroxyl groups is 1. The minimum absolute atomic E-state index is 0. The van der Waals surface area contributed by atoms with Crippen LogP contribution < -0.4 is 108 Å². The molecule has 0 spiro atoms. The Morgan fingerprint density at radius 2 is 1.24 bits per heavy atom. The predicted molar refractivity (Wildman–Crippen MR) is 193 cm³/mol. The first kappa shape index (κ1) is 44.4. The number of hydrogen-bond donors (Lipinski definition) is 1. The monoisotopic (exact) mass is 777 g/mol. The molecule has 0 radical (unpaired) electrons. The summed E-state index contributed by atoms with van der Waals surface area (Å²) in [6.07, 6.45) is 0. The van der Waals surface area contributed by atoms with E-state index >= 15 is 0 Å². The van der Waals surface area contributed by atoms with Crippen molar-refractivity contribution in [2.45, 2.75) is 0 Å². The van der Waals surface area contributed by atoms with Gasteiger partial charge in [-0.15, -0.1) is 0 Å². The van der Waals surface area contributed by atoms with Crippen LogP contribution >= 0.6 is 32.2 Å². The van der Waals surface area contributed by atoms with Crippen LogP contribution in [0.3, 0.4) is 0 Å². The first-order valence-corrected chi connectivity index (χ1v) is 15.5. The molecule has 12 heteroatoms. The second-order valence-corrected chi connectivity index (χ2v) is 11.1. The number of hydrogen-bond acceptors (Lipinski definition) is 6. The Morgan fingerprint density at radius 1 is 0.760 bits per heavy atom. The van der Waals surface area contributed by atoms with E-state index in [-0.39, 0.29) is 127 Å². The molecule has 50 heavy (non-hydrogen) atoms. The Balaban J connectivity index is 0.000000412. The molecule has 1 heterocycles. The van der Waals surface area contributed by atoms with Gasteiger partial charge in [-0.2, -0.15) is 0 Å². The van der Waals surface area contributed by atoms with Gasteiger partial charge < -0.3 is 21.1 Å². The number of rotatable bonds is 4. The van der Waals surface area contributed by atoms with Crippen LogP contribution in [0.4, 0.5) is 4.39 Å². The minimum Gasteiger partial charge on any atom is -1.00 e. The average Bonchev–Trinajstić information content (AvgIpc) is 3.51. The SMILES string of the molecule is CN=P.Clc1cccc2oc3c(-c4ccccc4)cccc3c12.O=CO[O-].Oc1c(-c2ccccc2)cccc1-c1c(F)cccc1Cl.[H-].[K+].[K+]. The van der Waals surface area contributed by atoms with E-state index in [0.29, 0.717) is 11.1 Å². The molecule has 0 amide bonds. The summed E-state index contributed by atoms with van der Waals surface area (Å²) in [4.78, 5) is 11.2. The maximum absolute atomic E-state index is 14.1. The van der Waals surface area contributed by atoms with Gasteiger partial charge in [0.1, 0.15) is 22.7 Å². The second-order valence-electron chi connectivity index (χ2n) is 9.84. The molecule has 244 valence electrons. The van der Waals surface area contributed by atoms with Crippen LogP contribution in [0.25, 0.3) is 55.3 Å². The second kappa shape index (κ2) is 23.0. The molecule has 0 saturated carbocycles. The van der Waals surface area contributed by atoms with Crippen molar-refractivity contribution >= 4 is 60.6 Å². The van der Waals surface area contributed by atoms with Gasteiger partial charge in [0.05, 0.1) is 10.0 Å². The number of benzene rings is 6. The fraction of sp³-hybridized carbons (Fsp3) is 0.0263. The molecular formula is C38H29Cl2FK2NO5P. The van der Waals surface area contributed by atoms with Gasteiger partial charge in [0.2, 0.25) is 0 Å². The number of para-hydroxylation sites is 2. The number of fused-ring (bicyclic) bond motifs is 3. The molecule has 0 aliphatic heterocycles. The summed E-state index contributed by atoms with van der Waals surface area (Å²) in [5, 5.41) is 22.0. The van der Waals surface area contributed by atoms with Crippen LogP contribution in [0.5, 0.6) is 5.75 Å². The number of furan rings is 1. The van der Waals surface area contributed by atoms with Crippen LogP contribution in [0, 0.1) is 5.82 Å². The summed E-state index contributed by atoms with van der Waals surface area (Å²) in [5.41, 5.74) is 6.08. The zero-order chi connectivity index (χ0) is 34.5. The molecule has 0 saturated heterocycles. The van der Waals surface area contributed by atoms with E-state index in [1.165, 1.54) is 6.07 Å². The molecule has 0 fully saturated rings. The van der Waals surface area contributed by atoms with Crippen LogP contribution in [0.15, 0.2) is 143 Å². The fourth-order valence-electron chi connectivity index (χ4n) is 5.00. The Bertz CT molecular complexity index is 2120. The molecule has 0 aliphatic carbocycles. The van der Waals surface area contributed by atoms with Crippen molar-refractivity contribution in [3.63, 3.8) is 0 Å². The fourth-order valence-corrected chi connectivity index (χ4v) is 5.53. The number of carbonyl (C=O) groups is 1. The number of phenols is 1. The van der Waals surface area contributed by atoms with Crippen molar-refractivity contribution in [3.05, 3.63) is 149 Å². The number of nitrogens with zero attached hydrogens (tertiary/aromatic N) is 1. The smallest absolute Gasteiger partial charge is 1.00 e. The van der Waals surface area contributed by atoms with E-state index in [2.05, 4.69) is 42.9 Å². The topological polar surface area (TPSA) is 95.1 Å². The van der Waals surface area contributed by atoms with Crippen molar-refractivity contribution in [1.82, 2.24) is 0 Å². The minimum atomic E-state index is -0.456. The van der Waals surface area contributed by atoms with E-state index in [0.717, 1.165) is 43.7 Å². The summed E-state index contributed by atoms with van der Waals surface area (Å²) in [6.45, 7) is -0.181. The molecule has 1 aromatic heterocycles. The van der Waals surface area contributed by atoms with Crippen LogP contribution in [0.2, 0.25) is 10.0 Å². The van der Waals surface area contributed by atoms with Gasteiger partial charge in [-0.25, -0.2) is 4.39 Å². The van der Waals surface area contributed by atoms with Crippen LogP contribution in [0.1, 0.15) is 1.43 Å². The zero-order valence-electron chi connectivity index (χ0n) is 28.4. The predicted octanol–water partition coefficient (Wildman–Crippen LogP) is 4.92. The van der Waals surface area contributed by atoms with E-state index in [1.54, 1.807) is 37.4 Å². The van der Waals surface area contributed by atoms with E-state index in [4.69, 9.17) is 37.7 Å².